The molecule has 1 N–H and O–H groups in total. The first-order valence-electron chi connectivity index (χ1n) is 10.2. The van der Waals surface area contributed by atoms with Gasteiger partial charge in [0.15, 0.2) is 11.5 Å². The Balaban J connectivity index is 1.65. The van der Waals surface area contributed by atoms with E-state index in [4.69, 9.17) is 18.7 Å². The van der Waals surface area contributed by atoms with Crippen LogP contribution in [0.4, 0.5) is 5.69 Å². The molecule has 33 heavy (non-hydrogen) atoms. The first kappa shape index (κ1) is 21.9. The maximum Gasteiger partial charge on any atom is 0.260 e. The number of rotatable bonds is 7. The van der Waals surface area contributed by atoms with Gasteiger partial charge in [0, 0.05) is 5.56 Å². The minimum absolute atomic E-state index is 0.270. The molecule has 0 radical (unpaired) electrons. The van der Waals surface area contributed by atoms with Crippen molar-refractivity contribution in [3.8, 4) is 40.1 Å². The van der Waals surface area contributed by atoms with Gasteiger partial charge in [-0.15, -0.1) is 0 Å². The molecule has 168 valence electrons. The number of benzene rings is 3. The lowest BCUT2D eigenvalue weighted by Crippen LogP contribution is -2.14. The van der Waals surface area contributed by atoms with Crippen molar-refractivity contribution in [2.75, 3.05) is 26.6 Å². The van der Waals surface area contributed by atoms with Crippen LogP contribution in [0.25, 0.3) is 22.8 Å². The summed E-state index contributed by atoms with van der Waals surface area (Å²) in [7, 11) is 4.67. The van der Waals surface area contributed by atoms with Gasteiger partial charge in [-0.25, -0.2) is 0 Å². The lowest BCUT2D eigenvalue weighted by Gasteiger charge is -2.12. The van der Waals surface area contributed by atoms with Gasteiger partial charge in [-0.3, -0.25) is 4.79 Å². The summed E-state index contributed by atoms with van der Waals surface area (Å²) in [4.78, 5) is 17.5. The van der Waals surface area contributed by atoms with Crippen LogP contribution in [0.1, 0.15) is 15.9 Å². The van der Waals surface area contributed by atoms with E-state index in [0.29, 0.717) is 45.5 Å². The zero-order valence-electron chi connectivity index (χ0n) is 18.7. The number of ether oxygens (including phenoxy) is 3. The zero-order chi connectivity index (χ0) is 23.4. The van der Waals surface area contributed by atoms with Crippen LogP contribution in [-0.4, -0.2) is 37.4 Å². The van der Waals surface area contributed by atoms with Crippen LogP contribution in [0, 0.1) is 6.92 Å². The lowest BCUT2D eigenvalue weighted by molar-refractivity contribution is 0.102. The molecule has 0 fully saturated rings. The van der Waals surface area contributed by atoms with E-state index in [1.54, 1.807) is 51.7 Å². The molecule has 0 unspecified atom stereocenters. The Morgan fingerprint density at radius 2 is 1.70 bits per heavy atom. The topological polar surface area (TPSA) is 95.7 Å². The van der Waals surface area contributed by atoms with Crippen LogP contribution in [0.5, 0.6) is 17.2 Å². The Labute approximate surface area is 191 Å². The van der Waals surface area contributed by atoms with Crippen molar-refractivity contribution in [1.82, 2.24) is 10.1 Å². The molecule has 0 aliphatic heterocycles. The maximum atomic E-state index is 13.0. The normalized spacial score (nSPS) is 10.5. The van der Waals surface area contributed by atoms with Gasteiger partial charge in [-0.05, 0) is 48.9 Å². The molecule has 1 heterocycles. The molecular formula is C25H23N3O5. The second-order valence-corrected chi connectivity index (χ2v) is 7.15. The maximum absolute atomic E-state index is 13.0. The number of anilines is 1. The van der Waals surface area contributed by atoms with Crippen LogP contribution >= 0.6 is 0 Å². The van der Waals surface area contributed by atoms with Crippen molar-refractivity contribution in [1.29, 1.82) is 0 Å². The molecule has 0 saturated heterocycles. The van der Waals surface area contributed by atoms with Crippen molar-refractivity contribution in [3.63, 3.8) is 0 Å². The Bertz CT molecular complexity index is 1300. The summed E-state index contributed by atoms with van der Waals surface area (Å²) in [6.07, 6.45) is 0. The number of amides is 1. The van der Waals surface area contributed by atoms with Crippen LogP contribution in [0.3, 0.4) is 0 Å². The van der Waals surface area contributed by atoms with Gasteiger partial charge >= 0.3 is 0 Å². The molecule has 0 spiro atoms. The summed E-state index contributed by atoms with van der Waals surface area (Å²) in [5.74, 6) is 2.04. The quantitative estimate of drug-likeness (QED) is 0.428. The first-order chi connectivity index (χ1) is 16.0. The molecule has 0 aliphatic carbocycles. The Kier molecular flexibility index (Phi) is 6.26. The molecule has 4 aromatic rings. The van der Waals surface area contributed by atoms with Gasteiger partial charge < -0.3 is 24.1 Å². The second kappa shape index (κ2) is 9.44. The number of aromatic nitrogens is 2. The number of nitrogens with one attached hydrogen (secondary N) is 1. The molecule has 0 atom stereocenters. The van der Waals surface area contributed by atoms with E-state index in [0.717, 1.165) is 5.56 Å². The van der Waals surface area contributed by atoms with E-state index < -0.39 is 0 Å². The SMILES string of the molecule is COc1ccc(-c2noc(-c3ccccc3NC(=O)c3cccc(C)c3OC)n2)cc1OC. The highest BCUT2D eigenvalue weighted by Gasteiger charge is 2.19. The minimum Gasteiger partial charge on any atom is -0.496 e. The molecule has 8 heteroatoms. The van der Waals surface area contributed by atoms with E-state index in [-0.39, 0.29) is 11.8 Å². The molecule has 3 aromatic carbocycles. The lowest BCUT2D eigenvalue weighted by atomic mass is 10.1. The summed E-state index contributed by atoms with van der Waals surface area (Å²) < 4.78 is 21.6. The van der Waals surface area contributed by atoms with Gasteiger partial charge in [0.2, 0.25) is 5.82 Å². The van der Waals surface area contributed by atoms with Gasteiger partial charge in [0.1, 0.15) is 5.75 Å². The monoisotopic (exact) mass is 445 g/mol. The molecule has 8 nitrogen and oxygen atoms in total. The zero-order valence-corrected chi connectivity index (χ0v) is 18.7. The predicted octanol–water partition coefficient (Wildman–Crippen LogP) is 4.99. The second-order valence-electron chi connectivity index (χ2n) is 7.15. The third kappa shape index (κ3) is 4.36. The number of nitrogens with zero attached hydrogens (tertiary/aromatic N) is 2. The molecule has 0 saturated carbocycles. The minimum atomic E-state index is -0.303. The molecule has 0 aliphatic rings. The summed E-state index contributed by atoms with van der Waals surface area (Å²) >= 11 is 0. The molecule has 1 amide bonds. The van der Waals surface area contributed by atoms with Crippen LogP contribution < -0.4 is 19.5 Å². The third-order valence-corrected chi connectivity index (χ3v) is 5.13. The van der Waals surface area contributed by atoms with E-state index in [9.17, 15) is 4.79 Å². The predicted molar refractivity (Wildman–Crippen MR) is 124 cm³/mol. The number of aryl methyl sites for hydroxylation is 1. The summed E-state index contributed by atoms with van der Waals surface area (Å²) in [5, 5.41) is 7.02. The van der Waals surface area contributed by atoms with Gasteiger partial charge in [0.05, 0.1) is 38.1 Å². The Hall–Kier alpha value is -4.33. The van der Waals surface area contributed by atoms with Crippen LogP contribution in [-0.2, 0) is 0 Å². The highest BCUT2D eigenvalue weighted by Crippen LogP contribution is 2.33. The van der Waals surface area contributed by atoms with Crippen molar-refractivity contribution in [2.24, 2.45) is 0 Å². The average molecular weight is 445 g/mol. The van der Waals surface area contributed by atoms with Gasteiger partial charge in [-0.1, -0.05) is 29.4 Å². The number of hydrogen-bond acceptors (Lipinski definition) is 7. The standard InChI is InChI=1S/C25H23N3O5/c1-15-8-7-10-18(22(15)32-4)24(29)26-19-11-6-5-9-17(19)25-27-23(28-33-25)16-12-13-20(30-2)21(14-16)31-3/h5-14H,1-4H3,(H,26,29). The Morgan fingerprint density at radius 1 is 0.909 bits per heavy atom. The van der Waals surface area contributed by atoms with E-state index >= 15 is 0 Å². The molecule has 0 bridgehead atoms. The van der Waals surface area contributed by atoms with Crippen LogP contribution in [0.15, 0.2) is 65.2 Å². The fourth-order valence-corrected chi connectivity index (χ4v) is 3.50. The number of carbonyl (C=O) groups excluding carboxylic acids is 1. The van der Waals surface area contributed by atoms with E-state index in [2.05, 4.69) is 15.5 Å². The van der Waals surface area contributed by atoms with Crippen molar-refractivity contribution < 1.29 is 23.5 Å². The summed E-state index contributed by atoms with van der Waals surface area (Å²) in [5.41, 5.74) is 3.14. The first-order valence-corrected chi connectivity index (χ1v) is 10.2. The number of hydrogen-bond donors (Lipinski definition) is 1. The van der Waals surface area contributed by atoms with Crippen molar-refractivity contribution in [2.45, 2.75) is 6.92 Å². The van der Waals surface area contributed by atoms with Crippen LogP contribution in [0.2, 0.25) is 0 Å². The number of methoxy groups -OCH3 is 3. The average Bonchev–Trinajstić information content (AvgIpc) is 3.33. The summed E-state index contributed by atoms with van der Waals surface area (Å²) in [6, 6.07) is 18.0. The fraction of sp³-hybridized carbons (Fsp3) is 0.160. The van der Waals surface area contributed by atoms with Gasteiger partial charge in [-0.2, -0.15) is 4.98 Å². The Morgan fingerprint density at radius 3 is 2.45 bits per heavy atom. The van der Waals surface area contributed by atoms with E-state index in [1.807, 2.05) is 37.3 Å². The number of para-hydroxylation sites is 2. The molecular weight excluding hydrogens is 422 g/mol. The largest absolute Gasteiger partial charge is 0.496 e. The van der Waals surface area contributed by atoms with E-state index in [1.165, 1.54) is 0 Å². The highest BCUT2D eigenvalue weighted by molar-refractivity contribution is 6.08. The van der Waals surface area contributed by atoms with Crippen molar-refractivity contribution in [3.05, 3.63) is 71.8 Å². The van der Waals surface area contributed by atoms with Crippen molar-refractivity contribution >= 4 is 11.6 Å². The fourth-order valence-electron chi connectivity index (χ4n) is 3.50. The number of carbonyl (C=O) groups is 1. The highest BCUT2D eigenvalue weighted by atomic mass is 16.5. The van der Waals surface area contributed by atoms with Gasteiger partial charge in [0.25, 0.3) is 11.8 Å². The smallest absolute Gasteiger partial charge is 0.260 e. The third-order valence-electron chi connectivity index (χ3n) is 5.13. The summed E-state index contributed by atoms with van der Waals surface area (Å²) in [6.45, 7) is 1.89. The molecule has 4 rings (SSSR count). The molecule has 1 aromatic heterocycles.